The fourth-order valence-corrected chi connectivity index (χ4v) is 6.12. The molecule has 1 saturated heterocycles. The van der Waals surface area contributed by atoms with E-state index < -0.39 is 8.32 Å². The summed E-state index contributed by atoms with van der Waals surface area (Å²) >= 11 is 0. The molecule has 3 aliphatic rings. The SMILES string of the molecule is C=CC1(CO[Si](C)(C)C(C)(C)C)[C@@H]2C=C[C@H]1[C@H]1C(=O)N(c3ccccc3)C(=O)[C@H]12. The van der Waals surface area contributed by atoms with Crippen LogP contribution in [0.15, 0.2) is 55.1 Å². The first-order valence-corrected chi connectivity index (χ1v) is 13.3. The number of para-hydroxylation sites is 1. The maximum absolute atomic E-state index is 13.4. The van der Waals surface area contributed by atoms with E-state index in [1.165, 1.54) is 4.90 Å². The lowest BCUT2D eigenvalue weighted by molar-refractivity contribution is -0.123. The van der Waals surface area contributed by atoms with E-state index in [-0.39, 0.29) is 45.9 Å². The number of rotatable bonds is 5. The summed E-state index contributed by atoms with van der Waals surface area (Å²) in [7, 11) is -1.96. The lowest BCUT2D eigenvalue weighted by Gasteiger charge is -2.41. The standard InChI is InChI=1S/C24H31NO3Si/c1-7-24(15-28-29(5,6)23(2,3)4)17-13-14-18(24)20-19(17)21(26)25(22(20)27)16-11-9-8-10-12-16/h7-14,17-20H,1,15H2,2-6H3/t17-,18+,19+,20-,24?. The van der Waals surface area contributed by atoms with E-state index in [9.17, 15) is 9.59 Å². The molecular formula is C24H31NO3Si. The van der Waals surface area contributed by atoms with Crippen LogP contribution >= 0.6 is 0 Å². The van der Waals surface area contributed by atoms with Gasteiger partial charge in [-0.2, -0.15) is 0 Å². The highest BCUT2D eigenvalue weighted by Gasteiger charge is 2.69. The molecule has 2 amide bonds. The Kier molecular flexibility index (Phi) is 4.56. The van der Waals surface area contributed by atoms with Crippen molar-refractivity contribution in [2.45, 2.75) is 38.9 Å². The molecule has 5 heteroatoms. The first kappa shape index (κ1) is 20.3. The molecule has 4 nitrogen and oxygen atoms in total. The Morgan fingerprint density at radius 3 is 2.03 bits per heavy atom. The molecule has 0 spiro atoms. The second-order valence-electron chi connectivity index (χ2n) is 10.2. The van der Waals surface area contributed by atoms with Gasteiger partial charge in [0.05, 0.1) is 17.5 Å². The van der Waals surface area contributed by atoms with Crippen molar-refractivity contribution in [2.24, 2.45) is 29.1 Å². The highest BCUT2D eigenvalue weighted by molar-refractivity contribution is 6.74. The molecule has 1 heterocycles. The Balaban J connectivity index is 1.64. The minimum atomic E-state index is -1.96. The molecular weight excluding hydrogens is 378 g/mol. The molecule has 1 unspecified atom stereocenters. The molecule has 0 aromatic heterocycles. The second-order valence-corrected chi connectivity index (χ2v) is 15.0. The monoisotopic (exact) mass is 409 g/mol. The van der Waals surface area contributed by atoms with E-state index in [0.717, 1.165) is 0 Å². The van der Waals surface area contributed by atoms with Gasteiger partial charge >= 0.3 is 0 Å². The third-order valence-electron chi connectivity index (χ3n) is 7.82. The van der Waals surface area contributed by atoms with Gasteiger partial charge in [-0.25, -0.2) is 0 Å². The van der Waals surface area contributed by atoms with Crippen molar-refractivity contribution in [3.63, 3.8) is 0 Å². The zero-order chi connectivity index (χ0) is 21.2. The number of hydrogen-bond acceptors (Lipinski definition) is 3. The summed E-state index contributed by atoms with van der Waals surface area (Å²) < 4.78 is 6.59. The molecule has 1 aromatic rings. The molecule has 0 N–H and O–H groups in total. The Hall–Kier alpha value is -1.98. The summed E-state index contributed by atoms with van der Waals surface area (Å²) in [4.78, 5) is 28.1. The first-order valence-electron chi connectivity index (χ1n) is 10.4. The van der Waals surface area contributed by atoms with Gasteiger partial charge in [0.25, 0.3) is 0 Å². The molecule has 0 radical (unpaired) electrons. The summed E-state index contributed by atoms with van der Waals surface area (Å²) in [5.41, 5.74) is 0.289. The zero-order valence-corrected chi connectivity index (χ0v) is 19.0. The van der Waals surface area contributed by atoms with E-state index in [4.69, 9.17) is 4.43 Å². The van der Waals surface area contributed by atoms with Crippen molar-refractivity contribution in [3.8, 4) is 0 Å². The van der Waals surface area contributed by atoms with E-state index >= 15 is 0 Å². The van der Waals surface area contributed by atoms with Crippen molar-refractivity contribution in [1.29, 1.82) is 0 Å². The Morgan fingerprint density at radius 2 is 1.59 bits per heavy atom. The van der Waals surface area contributed by atoms with Crippen LogP contribution in [0.1, 0.15) is 20.8 Å². The molecule has 4 rings (SSSR count). The van der Waals surface area contributed by atoms with Crippen LogP contribution in [0.4, 0.5) is 5.69 Å². The molecule has 2 aliphatic carbocycles. The van der Waals surface area contributed by atoms with Crippen LogP contribution in [0.25, 0.3) is 0 Å². The molecule has 1 aromatic carbocycles. The van der Waals surface area contributed by atoms with Gasteiger partial charge < -0.3 is 4.43 Å². The summed E-state index contributed by atoms with van der Waals surface area (Å²) in [6, 6.07) is 9.26. The average molecular weight is 410 g/mol. The van der Waals surface area contributed by atoms with E-state index in [1.807, 2.05) is 36.4 Å². The van der Waals surface area contributed by atoms with Crippen LogP contribution in [-0.4, -0.2) is 26.7 Å². The number of anilines is 1. The zero-order valence-electron chi connectivity index (χ0n) is 18.0. The summed E-state index contributed by atoms with van der Waals surface area (Å²) in [6.45, 7) is 15.8. The number of fused-ring (bicyclic) bond motifs is 5. The van der Waals surface area contributed by atoms with Gasteiger partial charge in [0, 0.05) is 23.9 Å². The van der Waals surface area contributed by atoms with Crippen LogP contribution in [0, 0.1) is 29.1 Å². The fourth-order valence-electron chi connectivity index (χ4n) is 5.07. The van der Waals surface area contributed by atoms with Gasteiger partial charge in [0.2, 0.25) is 11.8 Å². The fraction of sp³-hybridized carbons (Fsp3) is 0.500. The van der Waals surface area contributed by atoms with Crippen molar-refractivity contribution in [3.05, 3.63) is 55.1 Å². The summed E-state index contributed by atoms with van der Waals surface area (Å²) in [5.74, 6) is -0.879. The average Bonchev–Trinajstić information content (AvgIpc) is 3.25. The van der Waals surface area contributed by atoms with Crippen LogP contribution in [-0.2, 0) is 14.0 Å². The summed E-state index contributed by atoms with van der Waals surface area (Å²) in [5, 5.41) is 0.103. The molecule has 2 bridgehead atoms. The number of allylic oxidation sites excluding steroid dienone is 2. The van der Waals surface area contributed by atoms with Crippen LogP contribution in [0.3, 0.4) is 0 Å². The maximum Gasteiger partial charge on any atom is 0.238 e. The van der Waals surface area contributed by atoms with Crippen molar-refractivity contribution in [2.75, 3.05) is 11.5 Å². The lowest BCUT2D eigenvalue weighted by Crippen LogP contribution is -2.46. The van der Waals surface area contributed by atoms with Gasteiger partial charge in [-0.15, -0.1) is 6.58 Å². The van der Waals surface area contributed by atoms with Crippen molar-refractivity contribution >= 4 is 25.8 Å². The quantitative estimate of drug-likeness (QED) is 0.399. The number of hydrogen-bond donors (Lipinski definition) is 0. The highest BCUT2D eigenvalue weighted by atomic mass is 28.4. The largest absolute Gasteiger partial charge is 0.416 e. The van der Waals surface area contributed by atoms with Gasteiger partial charge in [-0.3, -0.25) is 14.5 Å². The van der Waals surface area contributed by atoms with Gasteiger partial charge in [-0.1, -0.05) is 57.2 Å². The molecule has 5 atom stereocenters. The highest BCUT2D eigenvalue weighted by Crippen LogP contribution is 2.64. The lowest BCUT2D eigenvalue weighted by atomic mass is 9.75. The predicted octanol–water partition coefficient (Wildman–Crippen LogP) is 4.80. The number of amides is 2. The summed E-state index contributed by atoms with van der Waals surface area (Å²) in [6.07, 6.45) is 6.21. The van der Waals surface area contributed by atoms with Crippen LogP contribution < -0.4 is 4.90 Å². The minimum absolute atomic E-state index is 0.0371. The first-order chi connectivity index (χ1) is 13.5. The number of benzene rings is 1. The topological polar surface area (TPSA) is 46.6 Å². The van der Waals surface area contributed by atoms with Crippen molar-refractivity contribution in [1.82, 2.24) is 0 Å². The Bertz CT molecular complexity index is 851. The predicted molar refractivity (Wildman–Crippen MR) is 118 cm³/mol. The van der Waals surface area contributed by atoms with E-state index in [0.29, 0.717) is 12.3 Å². The van der Waals surface area contributed by atoms with Crippen molar-refractivity contribution < 1.29 is 14.0 Å². The Labute approximate surface area is 174 Å². The van der Waals surface area contributed by atoms with E-state index in [1.54, 1.807) is 0 Å². The van der Waals surface area contributed by atoms with Crippen LogP contribution in [0.2, 0.25) is 18.1 Å². The molecule has 1 aliphatic heterocycles. The van der Waals surface area contributed by atoms with Gasteiger partial charge in [0.1, 0.15) is 0 Å². The third kappa shape index (κ3) is 2.74. The Morgan fingerprint density at radius 1 is 1.07 bits per heavy atom. The van der Waals surface area contributed by atoms with E-state index in [2.05, 4.69) is 52.6 Å². The normalized spacial score (nSPS) is 33.5. The van der Waals surface area contributed by atoms with Gasteiger partial charge in [-0.05, 0) is 30.3 Å². The van der Waals surface area contributed by atoms with Gasteiger partial charge in [0.15, 0.2) is 8.32 Å². The second kappa shape index (κ2) is 6.51. The molecule has 1 saturated carbocycles. The third-order valence-corrected chi connectivity index (χ3v) is 12.3. The number of nitrogens with zero attached hydrogens (tertiary/aromatic N) is 1. The minimum Gasteiger partial charge on any atom is -0.416 e. The molecule has 154 valence electrons. The maximum atomic E-state index is 13.4. The molecule has 2 fully saturated rings. The van der Waals surface area contributed by atoms with Crippen LogP contribution in [0.5, 0.6) is 0 Å². The number of imide groups is 1. The molecule has 29 heavy (non-hydrogen) atoms. The number of carbonyl (C=O) groups is 2. The number of carbonyl (C=O) groups excluding carboxylic acids is 2. The smallest absolute Gasteiger partial charge is 0.238 e.